The summed E-state index contributed by atoms with van der Waals surface area (Å²) in [6, 6.07) is 0. The molecule has 6 heteroatoms. The molecule has 0 aromatic rings. The predicted molar refractivity (Wildman–Crippen MR) is 50.4 cm³/mol. The Morgan fingerprint density at radius 3 is 2.43 bits per heavy atom. The van der Waals surface area contributed by atoms with Gasteiger partial charge in [0.1, 0.15) is 5.92 Å². The van der Waals surface area contributed by atoms with Gasteiger partial charge in [0, 0.05) is 5.03 Å². The van der Waals surface area contributed by atoms with Gasteiger partial charge < -0.3 is 10.2 Å². The third-order valence-electron chi connectivity index (χ3n) is 1.84. The summed E-state index contributed by atoms with van der Waals surface area (Å²) in [5.74, 6) is -4.06. The van der Waals surface area contributed by atoms with Crippen LogP contribution in [0.15, 0.2) is 23.3 Å². The maximum absolute atomic E-state index is 10.8. The Hall–Kier alpha value is -1.00. The highest BCUT2D eigenvalue weighted by Crippen LogP contribution is 2.35. The van der Waals surface area contributed by atoms with Crippen molar-refractivity contribution >= 4 is 35.1 Å². The fraction of sp³-hybridized carbons (Fsp3) is 0.250. The number of alkyl halides is 1. The minimum Gasteiger partial charge on any atom is -0.481 e. The van der Waals surface area contributed by atoms with Gasteiger partial charge in [-0.2, -0.15) is 0 Å². The van der Waals surface area contributed by atoms with Gasteiger partial charge in [0.15, 0.2) is 4.87 Å². The summed E-state index contributed by atoms with van der Waals surface area (Å²) >= 11 is 11.2. The van der Waals surface area contributed by atoms with E-state index in [1.54, 1.807) is 0 Å². The first-order valence-electron chi connectivity index (χ1n) is 3.59. The van der Waals surface area contributed by atoms with E-state index in [2.05, 4.69) is 0 Å². The summed E-state index contributed by atoms with van der Waals surface area (Å²) in [6.07, 6.45) is 3.48. The maximum atomic E-state index is 10.8. The van der Waals surface area contributed by atoms with Crippen molar-refractivity contribution in [3.63, 3.8) is 0 Å². The lowest BCUT2D eigenvalue weighted by molar-refractivity contribution is -0.148. The van der Waals surface area contributed by atoms with Crippen LogP contribution in [0.1, 0.15) is 0 Å². The highest BCUT2D eigenvalue weighted by molar-refractivity contribution is 6.39. The molecule has 0 aromatic heterocycles. The summed E-state index contributed by atoms with van der Waals surface area (Å²) in [6.45, 7) is 0. The molecule has 76 valence electrons. The number of allylic oxidation sites excluding steroid dienone is 2. The van der Waals surface area contributed by atoms with Crippen LogP contribution in [0.4, 0.5) is 0 Å². The van der Waals surface area contributed by atoms with Gasteiger partial charge in [-0.1, -0.05) is 17.7 Å². The normalized spacial score (nSPS) is 31.0. The van der Waals surface area contributed by atoms with E-state index in [-0.39, 0.29) is 5.03 Å². The second-order valence-electron chi connectivity index (χ2n) is 2.78. The Labute approximate surface area is 89.4 Å². The number of carboxylic acid groups (broad SMARTS) is 2. The molecule has 0 bridgehead atoms. The minimum absolute atomic E-state index is 0.111. The van der Waals surface area contributed by atoms with E-state index in [0.29, 0.717) is 0 Å². The molecule has 2 atom stereocenters. The number of hydrogen-bond acceptors (Lipinski definition) is 2. The van der Waals surface area contributed by atoms with Gasteiger partial charge in [0.25, 0.3) is 0 Å². The fourth-order valence-electron chi connectivity index (χ4n) is 1.12. The third kappa shape index (κ3) is 1.76. The van der Waals surface area contributed by atoms with Crippen molar-refractivity contribution in [1.82, 2.24) is 0 Å². The Morgan fingerprint density at radius 1 is 1.43 bits per heavy atom. The van der Waals surface area contributed by atoms with Gasteiger partial charge in [-0.15, -0.1) is 11.6 Å². The summed E-state index contributed by atoms with van der Waals surface area (Å²) in [5.41, 5.74) is 0. The molecule has 2 unspecified atom stereocenters. The van der Waals surface area contributed by atoms with Crippen molar-refractivity contribution in [3.8, 4) is 0 Å². The van der Waals surface area contributed by atoms with Crippen molar-refractivity contribution < 1.29 is 19.8 Å². The zero-order valence-corrected chi connectivity index (χ0v) is 8.29. The van der Waals surface area contributed by atoms with Crippen molar-refractivity contribution in [1.29, 1.82) is 0 Å². The van der Waals surface area contributed by atoms with E-state index in [1.165, 1.54) is 6.08 Å². The summed E-state index contributed by atoms with van der Waals surface area (Å²) in [5, 5.41) is 17.7. The molecule has 0 aromatic carbocycles. The molecular formula is C8H6Cl2O4. The summed E-state index contributed by atoms with van der Waals surface area (Å²) in [7, 11) is 0. The Kier molecular flexibility index (Phi) is 2.87. The third-order valence-corrected chi connectivity index (χ3v) is 2.58. The van der Waals surface area contributed by atoms with Crippen LogP contribution in [0, 0.1) is 5.92 Å². The van der Waals surface area contributed by atoms with E-state index < -0.39 is 22.7 Å². The zero-order valence-electron chi connectivity index (χ0n) is 6.78. The van der Waals surface area contributed by atoms with Crippen molar-refractivity contribution in [2.45, 2.75) is 4.87 Å². The SMILES string of the molecule is O=C(O)C1C=CC(Cl)=CC1(Cl)C(=O)O. The van der Waals surface area contributed by atoms with Crippen LogP contribution in [-0.2, 0) is 9.59 Å². The Bertz CT molecular complexity index is 347. The van der Waals surface area contributed by atoms with Crippen molar-refractivity contribution in [2.75, 3.05) is 0 Å². The molecule has 1 aliphatic rings. The molecule has 0 heterocycles. The number of halogens is 2. The number of hydrogen-bond donors (Lipinski definition) is 2. The fourth-order valence-corrected chi connectivity index (χ4v) is 1.71. The van der Waals surface area contributed by atoms with Crippen LogP contribution in [0.5, 0.6) is 0 Å². The van der Waals surface area contributed by atoms with E-state index in [1.807, 2.05) is 0 Å². The first kappa shape index (κ1) is 11.1. The smallest absolute Gasteiger partial charge is 0.330 e. The molecule has 0 saturated carbocycles. The molecule has 1 aliphatic carbocycles. The van der Waals surface area contributed by atoms with E-state index in [0.717, 1.165) is 12.2 Å². The molecule has 2 N–H and O–H groups in total. The second-order valence-corrected chi connectivity index (χ2v) is 3.84. The Morgan fingerprint density at radius 2 is 2.00 bits per heavy atom. The van der Waals surface area contributed by atoms with Crippen molar-refractivity contribution in [3.05, 3.63) is 23.3 Å². The largest absolute Gasteiger partial charge is 0.481 e. The first-order valence-corrected chi connectivity index (χ1v) is 4.35. The predicted octanol–water partition coefficient (Wildman–Crippen LogP) is 1.44. The average molecular weight is 237 g/mol. The van der Waals surface area contributed by atoms with Gasteiger partial charge in [-0.05, 0) is 12.2 Å². The molecule has 0 aliphatic heterocycles. The van der Waals surface area contributed by atoms with Gasteiger partial charge in [0.05, 0.1) is 0 Å². The summed E-state index contributed by atoms with van der Waals surface area (Å²) < 4.78 is 0. The number of aliphatic carboxylic acids is 2. The highest BCUT2D eigenvalue weighted by Gasteiger charge is 2.47. The number of carbonyl (C=O) groups is 2. The van der Waals surface area contributed by atoms with Crippen LogP contribution in [0.25, 0.3) is 0 Å². The lowest BCUT2D eigenvalue weighted by Gasteiger charge is -2.26. The first-order chi connectivity index (χ1) is 6.38. The molecule has 0 radical (unpaired) electrons. The van der Waals surface area contributed by atoms with E-state index >= 15 is 0 Å². The highest BCUT2D eigenvalue weighted by atomic mass is 35.5. The van der Waals surface area contributed by atoms with Crippen LogP contribution in [0.2, 0.25) is 0 Å². The van der Waals surface area contributed by atoms with Crippen LogP contribution in [0.3, 0.4) is 0 Å². The molecule has 0 amide bonds. The van der Waals surface area contributed by atoms with Gasteiger partial charge >= 0.3 is 11.9 Å². The van der Waals surface area contributed by atoms with Gasteiger partial charge in [0.2, 0.25) is 0 Å². The quantitative estimate of drug-likeness (QED) is 0.712. The van der Waals surface area contributed by atoms with Crippen LogP contribution < -0.4 is 0 Å². The molecule has 14 heavy (non-hydrogen) atoms. The molecule has 0 fully saturated rings. The molecule has 4 nitrogen and oxygen atoms in total. The summed E-state index contributed by atoms with van der Waals surface area (Å²) in [4.78, 5) is 19.5. The van der Waals surface area contributed by atoms with E-state index in [4.69, 9.17) is 33.4 Å². The van der Waals surface area contributed by atoms with Gasteiger partial charge in [-0.25, -0.2) is 4.79 Å². The molecular weight excluding hydrogens is 231 g/mol. The lowest BCUT2D eigenvalue weighted by Crippen LogP contribution is -2.43. The number of rotatable bonds is 2. The molecule has 1 rings (SSSR count). The standard InChI is InChI=1S/C8H6Cl2O4/c9-4-1-2-5(6(11)12)8(10,3-4)7(13)14/h1-3,5H,(H,11,12)(H,13,14). The van der Waals surface area contributed by atoms with Crippen LogP contribution >= 0.6 is 23.2 Å². The second kappa shape index (κ2) is 3.63. The lowest BCUT2D eigenvalue weighted by atomic mass is 9.87. The van der Waals surface area contributed by atoms with Crippen LogP contribution in [-0.4, -0.2) is 27.0 Å². The Balaban J connectivity index is 3.17. The average Bonchev–Trinajstić information content (AvgIpc) is 2.02. The van der Waals surface area contributed by atoms with E-state index in [9.17, 15) is 9.59 Å². The molecule has 0 saturated heterocycles. The molecule has 0 spiro atoms. The number of carboxylic acids is 2. The zero-order chi connectivity index (χ0) is 10.9. The monoisotopic (exact) mass is 236 g/mol. The minimum atomic E-state index is -2.00. The van der Waals surface area contributed by atoms with Gasteiger partial charge in [-0.3, -0.25) is 4.79 Å². The van der Waals surface area contributed by atoms with Crippen molar-refractivity contribution in [2.24, 2.45) is 5.92 Å². The maximum Gasteiger partial charge on any atom is 0.330 e. The topological polar surface area (TPSA) is 74.6 Å².